The normalized spacial score (nSPS) is 17.4. The van der Waals surface area contributed by atoms with Crippen molar-refractivity contribution in [3.8, 4) is 5.75 Å². The van der Waals surface area contributed by atoms with Gasteiger partial charge in [-0.2, -0.15) is 0 Å². The Balaban J connectivity index is 1.94. The first kappa shape index (κ1) is 19.3. The fraction of sp³-hybridized carbons (Fsp3) is 0.333. The molecular formula is C21H25N3O2S. The molecule has 6 heteroatoms. The minimum atomic E-state index is 0.0232. The number of thioether (sulfide) groups is 1. The van der Waals surface area contributed by atoms with Crippen LogP contribution in [0.1, 0.15) is 30.3 Å². The van der Waals surface area contributed by atoms with E-state index >= 15 is 0 Å². The maximum absolute atomic E-state index is 12.9. The van der Waals surface area contributed by atoms with Gasteiger partial charge in [0.1, 0.15) is 5.75 Å². The van der Waals surface area contributed by atoms with Gasteiger partial charge in [0, 0.05) is 25.0 Å². The first-order valence-electron chi connectivity index (χ1n) is 9.01. The number of hydrogen-bond acceptors (Lipinski definition) is 4. The van der Waals surface area contributed by atoms with E-state index in [1.54, 1.807) is 12.0 Å². The Morgan fingerprint density at radius 1 is 1.22 bits per heavy atom. The van der Waals surface area contributed by atoms with E-state index in [0.717, 1.165) is 34.3 Å². The van der Waals surface area contributed by atoms with E-state index in [4.69, 9.17) is 9.73 Å². The zero-order valence-electron chi connectivity index (χ0n) is 16.4. The quantitative estimate of drug-likeness (QED) is 0.705. The van der Waals surface area contributed by atoms with Crippen LogP contribution in [-0.2, 0) is 11.8 Å². The number of methoxy groups -OCH3 is 1. The lowest BCUT2D eigenvalue weighted by molar-refractivity contribution is -0.122. The predicted molar refractivity (Wildman–Crippen MR) is 113 cm³/mol. The van der Waals surface area contributed by atoms with Crippen LogP contribution in [-0.4, -0.2) is 34.2 Å². The lowest BCUT2D eigenvalue weighted by Gasteiger charge is -2.14. The summed E-state index contributed by atoms with van der Waals surface area (Å²) < 4.78 is 7.32. The van der Waals surface area contributed by atoms with Crippen LogP contribution in [0, 0.1) is 13.8 Å². The number of hydrogen-bond donors (Lipinski definition) is 0. The zero-order chi connectivity index (χ0) is 19.6. The van der Waals surface area contributed by atoms with E-state index in [1.165, 1.54) is 17.5 Å². The third-order valence-corrected chi connectivity index (χ3v) is 5.74. The summed E-state index contributed by atoms with van der Waals surface area (Å²) in [5, 5.41) is 0.726. The molecule has 0 atom stereocenters. The molecule has 2 aromatic rings. The molecule has 1 aromatic heterocycles. The highest BCUT2D eigenvalue weighted by Crippen LogP contribution is 2.35. The van der Waals surface area contributed by atoms with Gasteiger partial charge in [-0.15, -0.1) is 0 Å². The van der Waals surface area contributed by atoms with Crippen LogP contribution in [0.3, 0.4) is 0 Å². The highest BCUT2D eigenvalue weighted by molar-refractivity contribution is 8.18. The smallest absolute Gasteiger partial charge is 0.266 e. The molecule has 1 aliphatic heterocycles. The number of rotatable bonds is 5. The van der Waals surface area contributed by atoms with Crippen molar-refractivity contribution in [1.82, 2.24) is 9.47 Å². The maximum Gasteiger partial charge on any atom is 0.266 e. The number of benzene rings is 1. The molecule has 0 radical (unpaired) electrons. The molecule has 1 fully saturated rings. The van der Waals surface area contributed by atoms with Crippen LogP contribution in [0.15, 0.2) is 40.2 Å². The van der Waals surface area contributed by atoms with Crippen LogP contribution >= 0.6 is 11.8 Å². The van der Waals surface area contributed by atoms with E-state index in [1.807, 2.05) is 37.4 Å². The van der Waals surface area contributed by atoms with Crippen LogP contribution in [0.2, 0.25) is 0 Å². The van der Waals surface area contributed by atoms with Gasteiger partial charge in [0.25, 0.3) is 5.91 Å². The van der Waals surface area contributed by atoms with Crippen molar-refractivity contribution in [3.63, 3.8) is 0 Å². The summed E-state index contributed by atoms with van der Waals surface area (Å²) in [4.78, 5) is 20.1. The second-order valence-electron chi connectivity index (χ2n) is 6.55. The molecule has 0 aliphatic carbocycles. The predicted octanol–water partition coefficient (Wildman–Crippen LogP) is 4.66. The summed E-state index contributed by atoms with van der Waals surface area (Å²) in [6.45, 7) is 6.86. The molecule has 1 saturated heterocycles. The summed E-state index contributed by atoms with van der Waals surface area (Å²) in [5.41, 5.74) is 4.21. The number of aromatic nitrogens is 1. The van der Waals surface area contributed by atoms with Crippen molar-refractivity contribution in [1.29, 1.82) is 0 Å². The molecule has 0 bridgehead atoms. The van der Waals surface area contributed by atoms with Crippen LogP contribution < -0.4 is 4.74 Å². The lowest BCUT2D eigenvalue weighted by Crippen LogP contribution is -2.29. The van der Waals surface area contributed by atoms with Gasteiger partial charge in [-0.05, 0) is 74.0 Å². The third-order valence-electron chi connectivity index (χ3n) is 4.73. The van der Waals surface area contributed by atoms with Gasteiger partial charge in [0.2, 0.25) is 0 Å². The Labute approximate surface area is 164 Å². The van der Waals surface area contributed by atoms with Gasteiger partial charge in [0.05, 0.1) is 17.7 Å². The number of carbonyl (C=O) groups is 1. The summed E-state index contributed by atoms with van der Waals surface area (Å²) in [7, 11) is 3.68. The van der Waals surface area contributed by atoms with Crippen molar-refractivity contribution in [3.05, 3.63) is 52.2 Å². The largest absolute Gasteiger partial charge is 0.497 e. The summed E-state index contributed by atoms with van der Waals surface area (Å²) in [5.74, 6) is 0.810. The second-order valence-corrected chi connectivity index (χ2v) is 7.55. The number of ether oxygens (including phenoxy) is 1. The minimum Gasteiger partial charge on any atom is -0.497 e. The van der Waals surface area contributed by atoms with Crippen molar-refractivity contribution in [2.75, 3.05) is 13.7 Å². The average molecular weight is 384 g/mol. The molecule has 5 nitrogen and oxygen atoms in total. The van der Waals surface area contributed by atoms with Gasteiger partial charge in [-0.1, -0.05) is 6.92 Å². The summed E-state index contributed by atoms with van der Waals surface area (Å²) >= 11 is 1.44. The first-order chi connectivity index (χ1) is 12.9. The van der Waals surface area contributed by atoms with Crippen LogP contribution in [0.4, 0.5) is 5.69 Å². The molecule has 2 heterocycles. The number of aryl methyl sites for hydroxylation is 1. The Kier molecular flexibility index (Phi) is 5.75. The molecule has 1 aliphatic rings. The first-order valence-corrected chi connectivity index (χ1v) is 9.83. The van der Waals surface area contributed by atoms with Gasteiger partial charge in [0.15, 0.2) is 5.17 Å². The molecule has 1 amide bonds. The number of amides is 1. The van der Waals surface area contributed by atoms with Gasteiger partial charge >= 0.3 is 0 Å². The fourth-order valence-electron chi connectivity index (χ4n) is 2.95. The lowest BCUT2D eigenvalue weighted by atomic mass is 10.2. The highest BCUT2D eigenvalue weighted by Gasteiger charge is 2.33. The number of amidine groups is 1. The average Bonchev–Trinajstić information content (AvgIpc) is 3.08. The molecule has 1 aromatic carbocycles. The maximum atomic E-state index is 12.9. The van der Waals surface area contributed by atoms with Crippen molar-refractivity contribution < 1.29 is 9.53 Å². The molecule has 0 spiro atoms. The topological polar surface area (TPSA) is 46.8 Å². The number of nitrogens with zero attached hydrogens (tertiary/aromatic N) is 3. The minimum absolute atomic E-state index is 0.0232. The summed E-state index contributed by atoms with van der Waals surface area (Å²) in [6.07, 6.45) is 2.86. The molecule has 27 heavy (non-hydrogen) atoms. The van der Waals surface area contributed by atoms with Crippen LogP contribution in [0.25, 0.3) is 6.08 Å². The van der Waals surface area contributed by atoms with E-state index in [0.29, 0.717) is 11.4 Å². The number of aliphatic imine (C=N–C) groups is 1. The van der Waals surface area contributed by atoms with Crippen LogP contribution in [0.5, 0.6) is 5.75 Å². The Morgan fingerprint density at radius 3 is 2.48 bits per heavy atom. The second kappa shape index (κ2) is 8.05. The van der Waals surface area contributed by atoms with Crippen molar-refractivity contribution >= 4 is 34.6 Å². The van der Waals surface area contributed by atoms with Crippen molar-refractivity contribution in [2.24, 2.45) is 12.0 Å². The Hall–Kier alpha value is -2.47. The highest BCUT2D eigenvalue weighted by atomic mass is 32.2. The van der Waals surface area contributed by atoms with E-state index < -0.39 is 0 Å². The number of carbonyl (C=O) groups excluding carboxylic acids is 1. The van der Waals surface area contributed by atoms with E-state index in [9.17, 15) is 4.79 Å². The van der Waals surface area contributed by atoms with Gasteiger partial charge in [-0.25, -0.2) is 4.99 Å². The Bertz CT molecular complexity index is 910. The van der Waals surface area contributed by atoms with Crippen molar-refractivity contribution in [2.45, 2.75) is 27.2 Å². The summed E-state index contributed by atoms with van der Waals surface area (Å²) in [6, 6.07) is 9.65. The van der Waals surface area contributed by atoms with Gasteiger partial charge in [-0.3, -0.25) is 9.69 Å². The molecular weight excluding hydrogens is 358 g/mol. The van der Waals surface area contributed by atoms with E-state index in [2.05, 4.69) is 31.4 Å². The molecule has 142 valence electrons. The third kappa shape index (κ3) is 3.95. The SMILES string of the molecule is CCCN1C(=O)/C(=C\c2cc(C)n(C)c2C)SC1=Nc1ccc(OC)cc1. The molecule has 3 rings (SSSR count). The molecule has 0 N–H and O–H groups in total. The van der Waals surface area contributed by atoms with E-state index in [-0.39, 0.29) is 5.91 Å². The monoisotopic (exact) mass is 383 g/mol. The standard InChI is InChI=1S/C21H25N3O2S/c1-6-11-24-20(25)19(13-16-12-14(2)23(4)15(16)3)27-21(24)22-17-7-9-18(26-5)10-8-17/h7-10,12-13H,6,11H2,1-5H3/b19-13+,22-21?. The molecule has 0 saturated carbocycles. The zero-order valence-corrected chi connectivity index (χ0v) is 17.3. The fourth-order valence-corrected chi connectivity index (χ4v) is 3.97. The Morgan fingerprint density at radius 2 is 1.93 bits per heavy atom. The molecule has 0 unspecified atom stereocenters. The van der Waals surface area contributed by atoms with Gasteiger partial charge < -0.3 is 9.30 Å².